The van der Waals surface area contributed by atoms with Crippen LogP contribution in [-0.4, -0.2) is 54.8 Å². The van der Waals surface area contributed by atoms with Crippen LogP contribution in [-0.2, 0) is 19.6 Å². The molecule has 7 heteroatoms. The molecule has 1 saturated heterocycles. The number of carbonyl (C=O) groups is 1. The Morgan fingerprint density at radius 1 is 1.24 bits per heavy atom. The number of ether oxygens (including phenoxy) is 1. The maximum absolute atomic E-state index is 12.7. The number of carbonyl (C=O) groups excluding carboxylic acids is 1. The molecule has 1 N–H and O–H groups in total. The van der Waals surface area contributed by atoms with Crippen molar-refractivity contribution in [1.82, 2.24) is 4.31 Å². The minimum atomic E-state index is -3.74. The Hall–Kier alpha value is -0.660. The van der Waals surface area contributed by atoms with E-state index in [1.165, 1.54) is 18.3 Å². The Morgan fingerprint density at radius 3 is 2.52 bits per heavy atom. The molecule has 0 aromatic heterocycles. The highest BCUT2D eigenvalue weighted by molar-refractivity contribution is 7.90. The molecular weight excluding hydrogens is 294 g/mol. The minimum Gasteiger partial charge on any atom is -0.468 e. The fourth-order valence-corrected chi connectivity index (χ4v) is 5.35. The summed E-state index contributed by atoms with van der Waals surface area (Å²) in [6.45, 7) is 1.80. The third-order valence-corrected chi connectivity index (χ3v) is 7.02. The maximum Gasteiger partial charge on any atom is 0.325 e. The van der Waals surface area contributed by atoms with Crippen molar-refractivity contribution in [1.29, 1.82) is 0 Å². The summed E-state index contributed by atoms with van der Waals surface area (Å²) in [6.07, 6.45) is 4.61. The van der Waals surface area contributed by atoms with Crippen molar-refractivity contribution in [2.75, 3.05) is 13.7 Å². The molecule has 0 spiro atoms. The molecule has 1 aliphatic carbocycles. The second kappa shape index (κ2) is 6.62. The van der Waals surface area contributed by atoms with E-state index in [0.29, 0.717) is 6.54 Å². The van der Waals surface area contributed by atoms with Crippen molar-refractivity contribution in [3.05, 3.63) is 0 Å². The van der Waals surface area contributed by atoms with Gasteiger partial charge in [0.1, 0.15) is 0 Å². The molecule has 2 fully saturated rings. The standard InChI is InChI=1S/C14H25NO5S/c1-10(14(17)20-2)21(18,19)15-9-4-3-7-12(15)11-6-5-8-13(11)16/h10-13,16H,3-9H2,1-2H3. The second-order valence-electron chi connectivity index (χ2n) is 6.05. The number of rotatable bonds is 4. The third kappa shape index (κ3) is 3.24. The lowest BCUT2D eigenvalue weighted by molar-refractivity contribution is -0.139. The summed E-state index contributed by atoms with van der Waals surface area (Å²) in [7, 11) is -2.54. The van der Waals surface area contributed by atoms with Crippen LogP contribution in [0.3, 0.4) is 0 Å². The van der Waals surface area contributed by atoms with Gasteiger partial charge in [0, 0.05) is 18.5 Å². The van der Waals surface area contributed by atoms with Gasteiger partial charge in [0.15, 0.2) is 5.25 Å². The minimum absolute atomic E-state index is 0.00933. The number of piperidine rings is 1. The Kier molecular flexibility index (Phi) is 5.27. The average Bonchev–Trinajstić information content (AvgIpc) is 2.91. The van der Waals surface area contributed by atoms with Crippen molar-refractivity contribution in [3.8, 4) is 0 Å². The van der Waals surface area contributed by atoms with Gasteiger partial charge in [-0.25, -0.2) is 8.42 Å². The van der Waals surface area contributed by atoms with E-state index in [2.05, 4.69) is 4.74 Å². The Labute approximate surface area is 126 Å². The summed E-state index contributed by atoms with van der Waals surface area (Å²) >= 11 is 0. The van der Waals surface area contributed by atoms with E-state index in [1.54, 1.807) is 0 Å². The van der Waals surface area contributed by atoms with Gasteiger partial charge in [-0.05, 0) is 32.6 Å². The number of methoxy groups -OCH3 is 1. The molecule has 0 aromatic carbocycles. The number of hydrogen-bond acceptors (Lipinski definition) is 5. The van der Waals surface area contributed by atoms with Crippen molar-refractivity contribution in [2.24, 2.45) is 5.92 Å². The summed E-state index contributed by atoms with van der Waals surface area (Å²) in [4.78, 5) is 11.6. The van der Waals surface area contributed by atoms with Gasteiger partial charge in [-0.3, -0.25) is 4.79 Å². The first-order chi connectivity index (χ1) is 9.89. The molecule has 1 aliphatic heterocycles. The van der Waals surface area contributed by atoms with Gasteiger partial charge in [-0.1, -0.05) is 12.8 Å². The van der Waals surface area contributed by atoms with Crippen LogP contribution in [0.5, 0.6) is 0 Å². The largest absolute Gasteiger partial charge is 0.468 e. The predicted molar refractivity (Wildman–Crippen MR) is 78.1 cm³/mol. The van der Waals surface area contributed by atoms with Crippen LogP contribution in [0, 0.1) is 5.92 Å². The normalized spacial score (nSPS) is 32.8. The number of hydrogen-bond donors (Lipinski definition) is 1. The Morgan fingerprint density at radius 2 is 1.95 bits per heavy atom. The first-order valence-corrected chi connectivity index (χ1v) is 9.16. The molecule has 2 aliphatic rings. The van der Waals surface area contributed by atoms with E-state index >= 15 is 0 Å². The first kappa shape index (κ1) is 16.7. The maximum atomic E-state index is 12.7. The molecule has 21 heavy (non-hydrogen) atoms. The number of aliphatic hydroxyl groups excluding tert-OH is 1. The van der Waals surface area contributed by atoms with Crippen LogP contribution in [0.1, 0.15) is 45.4 Å². The van der Waals surface area contributed by atoms with Crippen molar-refractivity contribution in [3.63, 3.8) is 0 Å². The van der Waals surface area contributed by atoms with E-state index in [1.807, 2.05) is 0 Å². The summed E-state index contributed by atoms with van der Waals surface area (Å²) in [5, 5.41) is 8.91. The molecule has 0 amide bonds. The van der Waals surface area contributed by atoms with E-state index in [-0.39, 0.29) is 12.0 Å². The van der Waals surface area contributed by atoms with E-state index < -0.39 is 27.3 Å². The lowest BCUT2D eigenvalue weighted by Crippen LogP contribution is -2.52. The van der Waals surface area contributed by atoms with E-state index in [9.17, 15) is 18.3 Å². The third-order valence-electron chi connectivity index (χ3n) is 4.83. The van der Waals surface area contributed by atoms with Gasteiger partial charge in [0.2, 0.25) is 10.0 Å². The highest BCUT2D eigenvalue weighted by atomic mass is 32.2. The van der Waals surface area contributed by atoms with Crippen LogP contribution in [0.4, 0.5) is 0 Å². The van der Waals surface area contributed by atoms with Gasteiger partial charge in [-0.15, -0.1) is 0 Å². The Bertz CT molecular complexity index is 478. The number of aliphatic hydroxyl groups is 1. The predicted octanol–water partition coefficient (Wildman–Crippen LogP) is 0.893. The number of sulfonamides is 1. The lowest BCUT2D eigenvalue weighted by atomic mass is 9.89. The molecule has 6 nitrogen and oxygen atoms in total. The number of nitrogens with zero attached hydrogens (tertiary/aromatic N) is 1. The van der Waals surface area contributed by atoms with Crippen LogP contribution >= 0.6 is 0 Å². The molecule has 4 unspecified atom stereocenters. The van der Waals surface area contributed by atoms with Gasteiger partial charge in [0.05, 0.1) is 13.2 Å². The molecule has 0 radical (unpaired) electrons. The Balaban J connectivity index is 2.23. The van der Waals surface area contributed by atoms with Crippen molar-refractivity contribution in [2.45, 2.75) is 62.8 Å². The van der Waals surface area contributed by atoms with Gasteiger partial charge < -0.3 is 9.84 Å². The topological polar surface area (TPSA) is 83.9 Å². The summed E-state index contributed by atoms with van der Waals surface area (Å²) < 4.78 is 31.4. The molecule has 0 aromatic rings. The van der Waals surface area contributed by atoms with Crippen LogP contribution in [0.15, 0.2) is 0 Å². The fourth-order valence-electron chi connectivity index (χ4n) is 3.58. The lowest BCUT2D eigenvalue weighted by Gasteiger charge is -2.40. The van der Waals surface area contributed by atoms with Crippen molar-refractivity contribution < 1.29 is 23.1 Å². The molecule has 1 heterocycles. The quantitative estimate of drug-likeness (QED) is 0.778. The molecule has 4 atom stereocenters. The number of esters is 1. The van der Waals surface area contributed by atoms with Gasteiger partial charge in [-0.2, -0.15) is 4.31 Å². The van der Waals surface area contributed by atoms with Crippen LogP contribution in [0.25, 0.3) is 0 Å². The van der Waals surface area contributed by atoms with Crippen LogP contribution in [0.2, 0.25) is 0 Å². The molecule has 2 rings (SSSR count). The molecular formula is C14H25NO5S. The van der Waals surface area contributed by atoms with E-state index in [4.69, 9.17) is 0 Å². The summed E-state index contributed by atoms with van der Waals surface area (Å²) in [6, 6.07) is -0.187. The first-order valence-electron chi connectivity index (χ1n) is 7.66. The average molecular weight is 319 g/mol. The van der Waals surface area contributed by atoms with Crippen LogP contribution < -0.4 is 0 Å². The zero-order valence-electron chi connectivity index (χ0n) is 12.7. The smallest absolute Gasteiger partial charge is 0.325 e. The van der Waals surface area contributed by atoms with Gasteiger partial charge >= 0.3 is 5.97 Å². The molecule has 0 bridgehead atoms. The zero-order valence-corrected chi connectivity index (χ0v) is 13.5. The highest BCUT2D eigenvalue weighted by Gasteiger charge is 2.44. The molecule has 1 saturated carbocycles. The van der Waals surface area contributed by atoms with Gasteiger partial charge in [0.25, 0.3) is 0 Å². The fraction of sp³-hybridized carbons (Fsp3) is 0.929. The van der Waals surface area contributed by atoms with Crippen molar-refractivity contribution >= 4 is 16.0 Å². The second-order valence-corrected chi connectivity index (χ2v) is 8.25. The zero-order chi connectivity index (χ0) is 15.6. The summed E-state index contributed by atoms with van der Waals surface area (Å²) in [5.41, 5.74) is 0. The highest BCUT2D eigenvalue weighted by Crippen LogP contribution is 2.37. The summed E-state index contributed by atoms with van der Waals surface area (Å²) in [5.74, 6) is -0.740. The monoisotopic (exact) mass is 319 g/mol. The molecule has 122 valence electrons. The SMILES string of the molecule is COC(=O)C(C)S(=O)(=O)N1CCCCC1C1CCCC1O. The van der Waals surface area contributed by atoms with E-state index in [0.717, 1.165) is 38.5 Å².